The zero-order valence-electron chi connectivity index (χ0n) is 8.46. The lowest BCUT2D eigenvalue weighted by molar-refractivity contribution is -0.163. The van der Waals surface area contributed by atoms with Gasteiger partial charge >= 0.3 is 18.3 Å². The highest BCUT2D eigenvalue weighted by atomic mass is 19.3. The van der Waals surface area contributed by atoms with Crippen molar-refractivity contribution in [3.8, 4) is 0 Å². The third-order valence-corrected chi connectivity index (χ3v) is 2.01. The number of rotatable bonds is 4. The van der Waals surface area contributed by atoms with Gasteiger partial charge in [0.05, 0.1) is 6.61 Å². The first-order chi connectivity index (χ1) is 7.89. The molecule has 0 unspecified atom stereocenters. The Kier molecular flexibility index (Phi) is 4.06. The maximum absolute atomic E-state index is 12.6. The Morgan fingerprint density at radius 1 is 1.35 bits per heavy atom. The number of amides is 1. The van der Waals surface area contributed by atoms with Crippen LogP contribution in [-0.2, 0) is 11.4 Å². The lowest BCUT2D eigenvalue weighted by Crippen LogP contribution is -2.41. The summed E-state index contributed by atoms with van der Waals surface area (Å²) in [6.45, 7) is -0.503. The zero-order chi connectivity index (χ0) is 13.1. The SMILES string of the molecule is O=C(Nc1ccccc1CO)C(F)(F)C(F)F. The van der Waals surface area contributed by atoms with Crippen molar-refractivity contribution in [1.29, 1.82) is 0 Å². The highest BCUT2D eigenvalue weighted by Gasteiger charge is 2.49. The molecule has 0 aliphatic carbocycles. The Bertz CT molecular complexity index is 409. The number of benzene rings is 1. The van der Waals surface area contributed by atoms with Crippen molar-refractivity contribution in [2.75, 3.05) is 5.32 Å². The van der Waals surface area contributed by atoms with Gasteiger partial charge in [0.1, 0.15) is 0 Å². The number of hydrogen-bond donors (Lipinski definition) is 2. The fraction of sp³-hybridized carbons (Fsp3) is 0.300. The molecule has 3 nitrogen and oxygen atoms in total. The largest absolute Gasteiger partial charge is 0.392 e. The predicted molar refractivity (Wildman–Crippen MR) is 51.9 cm³/mol. The third-order valence-electron chi connectivity index (χ3n) is 2.01. The number of aliphatic hydroxyl groups is 1. The molecule has 0 bridgehead atoms. The van der Waals surface area contributed by atoms with Crippen LogP contribution in [-0.4, -0.2) is 23.4 Å². The molecule has 1 aromatic carbocycles. The van der Waals surface area contributed by atoms with E-state index in [1.165, 1.54) is 24.3 Å². The maximum atomic E-state index is 12.6. The van der Waals surface area contributed by atoms with Gasteiger partial charge in [-0.3, -0.25) is 4.79 Å². The Morgan fingerprint density at radius 3 is 2.47 bits per heavy atom. The molecule has 1 rings (SSSR count). The van der Waals surface area contributed by atoms with Crippen LogP contribution in [0, 0.1) is 0 Å². The fourth-order valence-corrected chi connectivity index (χ4v) is 1.08. The number of carbonyl (C=O) groups is 1. The van der Waals surface area contributed by atoms with Crippen LogP contribution in [0.3, 0.4) is 0 Å². The minimum Gasteiger partial charge on any atom is -0.392 e. The lowest BCUT2D eigenvalue weighted by Gasteiger charge is -2.16. The van der Waals surface area contributed by atoms with E-state index in [9.17, 15) is 22.4 Å². The quantitative estimate of drug-likeness (QED) is 0.804. The van der Waals surface area contributed by atoms with Crippen molar-refractivity contribution in [3.63, 3.8) is 0 Å². The lowest BCUT2D eigenvalue weighted by atomic mass is 10.2. The second-order valence-corrected chi connectivity index (χ2v) is 3.19. The first-order valence-electron chi connectivity index (χ1n) is 4.55. The maximum Gasteiger partial charge on any atom is 0.383 e. The summed E-state index contributed by atoms with van der Waals surface area (Å²) in [5.41, 5.74) is 0.0336. The van der Waals surface area contributed by atoms with E-state index >= 15 is 0 Å². The molecular weight excluding hydrogens is 242 g/mol. The molecule has 0 radical (unpaired) electrons. The number of carbonyl (C=O) groups excluding carboxylic acids is 1. The van der Waals surface area contributed by atoms with Gasteiger partial charge in [-0.2, -0.15) is 8.78 Å². The number of halogens is 4. The summed E-state index contributed by atoms with van der Waals surface area (Å²) in [7, 11) is 0. The van der Waals surface area contributed by atoms with E-state index in [-0.39, 0.29) is 11.3 Å². The Hall–Kier alpha value is -1.63. The van der Waals surface area contributed by atoms with Gasteiger partial charge in [0, 0.05) is 11.3 Å². The van der Waals surface area contributed by atoms with E-state index in [4.69, 9.17) is 5.11 Å². The predicted octanol–water partition coefficient (Wildman–Crippen LogP) is 2.02. The molecule has 0 heterocycles. The number of hydrogen-bond acceptors (Lipinski definition) is 2. The molecule has 0 atom stereocenters. The monoisotopic (exact) mass is 251 g/mol. The van der Waals surface area contributed by atoms with Crippen molar-refractivity contribution in [2.45, 2.75) is 19.0 Å². The van der Waals surface area contributed by atoms with Crippen LogP contribution in [0.1, 0.15) is 5.56 Å². The highest BCUT2D eigenvalue weighted by molar-refractivity contribution is 5.96. The molecule has 1 amide bonds. The summed E-state index contributed by atoms with van der Waals surface area (Å²) in [6.07, 6.45) is -4.08. The van der Waals surface area contributed by atoms with Gasteiger partial charge in [-0.1, -0.05) is 18.2 Å². The van der Waals surface area contributed by atoms with Gasteiger partial charge in [-0.25, -0.2) is 8.78 Å². The highest BCUT2D eigenvalue weighted by Crippen LogP contribution is 2.25. The van der Waals surface area contributed by atoms with Crippen LogP contribution < -0.4 is 5.32 Å². The summed E-state index contributed by atoms with van der Waals surface area (Å²) >= 11 is 0. The summed E-state index contributed by atoms with van der Waals surface area (Å²) < 4.78 is 49.0. The Balaban J connectivity index is 2.88. The summed E-state index contributed by atoms with van der Waals surface area (Å²) in [6, 6.07) is 5.52. The summed E-state index contributed by atoms with van der Waals surface area (Å²) in [5.74, 6) is -6.86. The van der Waals surface area contributed by atoms with Crippen molar-refractivity contribution >= 4 is 11.6 Å². The molecular formula is C10H9F4NO2. The Labute approximate surface area is 94.1 Å². The van der Waals surface area contributed by atoms with Crippen LogP contribution >= 0.6 is 0 Å². The molecule has 1 aromatic rings. The van der Waals surface area contributed by atoms with Gasteiger partial charge in [0.2, 0.25) is 0 Å². The van der Waals surface area contributed by atoms with Gasteiger partial charge < -0.3 is 10.4 Å². The summed E-state index contributed by atoms with van der Waals surface area (Å²) in [5, 5.41) is 10.5. The number of alkyl halides is 4. The molecule has 0 saturated heterocycles. The molecule has 0 spiro atoms. The molecule has 0 fully saturated rings. The van der Waals surface area contributed by atoms with Gasteiger partial charge in [-0.15, -0.1) is 0 Å². The van der Waals surface area contributed by atoms with Crippen molar-refractivity contribution in [2.24, 2.45) is 0 Å². The average molecular weight is 251 g/mol. The van der Waals surface area contributed by atoms with Crippen molar-refractivity contribution < 1.29 is 27.5 Å². The molecule has 94 valence electrons. The molecule has 0 aliphatic heterocycles. The minimum atomic E-state index is -4.76. The number of aliphatic hydroxyl groups excluding tert-OH is 1. The molecule has 0 aliphatic rings. The first kappa shape index (κ1) is 13.4. The molecule has 0 aromatic heterocycles. The average Bonchev–Trinajstić information content (AvgIpc) is 2.29. The van der Waals surface area contributed by atoms with Crippen LogP contribution in [0.4, 0.5) is 23.2 Å². The topological polar surface area (TPSA) is 49.3 Å². The van der Waals surface area contributed by atoms with E-state index in [0.29, 0.717) is 0 Å². The Morgan fingerprint density at radius 2 is 1.94 bits per heavy atom. The van der Waals surface area contributed by atoms with E-state index in [1.54, 1.807) is 5.32 Å². The molecule has 2 N–H and O–H groups in total. The van der Waals surface area contributed by atoms with E-state index in [2.05, 4.69) is 0 Å². The number of nitrogens with one attached hydrogen (secondary N) is 1. The normalized spacial score (nSPS) is 11.6. The first-order valence-corrected chi connectivity index (χ1v) is 4.55. The van der Waals surface area contributed by atoms with E-state index in [1.807, 2.05) is 0 Å². The summed E-state index contributed by atoms with van der Waals surface area (Å²) in [4.78, 5) is 10.9. The van der Waals surface area contributed by atoms with Crippen LogP contribution in [0.15, 0.2) is 24.3 Å². The molecule has 7 heteroatoms. The van der Waals surface area contributed by atoms with Crippen LogP contribution in [0.25, 0.3) is 0 Å². The van der Waals surface area contributed by atoms with Gasteiger partial charge in [-0.05, 0) is 6.07 Å². The van der Waals surface area contributed by atoms with Crippen LogP contribution in [0.2, 0.25) is 0 Å². The molecule has 0 saturated carbocycles. The van der Waals surface area contributed by atoms with Gasteiger partial charge in [0.25, 0.3) is 0 Å². The van der Waals surface area contributed by atoms with E-state index < -0.39 is 24.9 Å². The van der Waals surface area contributed by atoms with Crippen molar-refractivity contribution in [3.05, 3.63) is 29.8 Å². The van der Waals surface area contributed by atoms with Gasteiger partial charge in [0.15, 0.2) is 0 Å². The van der Waals surface area contributed by atoms with Crippen molar-refractivity contribution in [1.82, 2.24) is 0 Å². The second-order valence-electron chi connectivity index (χ2n) is 3.19. The standard InChI is InChI=1S/C10H9F4NO2/c11-8(12)10(13,14)9(17)15-7-4-2-1-3-6(7)5-16/h1-4,8,16H,5H2,(H,15,17). The fourth-order valence-electron chi connectivity index (χ4n) is 1.08. The number of para-hydroxylation sites is 1. The zero-order valence-corrected chi connectivity index (χ0v) is 8.46. The smallest absolute Gasteiger partial charge is 0.383 e. The number of anilines is 1. The third kappa shape index (κ3) is 2.94. The second kappa shape index (κ2) is 5.13. The molecule has 17 heavy (non-hydrogen) atoms. The van der Waals surface area contributed by atoms with E-state index in [0.717, 1.165) is 0 Å². The van der Waals surface area contributed by atoms with Crippen LogP contribution in [0.5, 0.6) is 0 Å². The minimum absolute atomic E-state index is 0.125.